The van der Waals surface area contributed by atoms with E-state index in [0.717, 1.165) is 31.6 Å². The summed E-state index contributed by atoms with van der Waals surface area (Å²) in [6.07, 6.45) is 4.73. The fourth-order valence-electron chi connectivity index (χ4n) is 2.21. The maximum absolute atomic E-state index is 9.66. The van der Waals surface area contributed by atoms with E-state index in [9.17, 15) is 5.11 Å². The first-order chi connectivity index (χ1) is 7.68. The Bertz CT molecular complexity index is 353. The second kappa shape index (κ2) is 5.17. The van der Waals surface area contributed by atoms with Gasteiger partial charge in [0.1, 0.15) is 11.0 Å². The Morgan fingerprint density at radius 3 is 3.00 bits per heavy atom. The van der Waals surface area contributed by atoms with Gasteiger partial charge in [0.05, 0.1) is 18.8 Å². The lowest BCUT2D eigenvalue weighted by Gasteiger charge is -2.14. The Morgan fingerprint density at radius 2 is 2.44 bits per heavy atom. The smallest absolute Gasteiger partial charge is 0.128 e. The highest BCUT2D eigenvalue weighted by Gasteiger charge is 2.24. The quantitative estimate of drug-likeness (QED) is 0.839. The van der Waals surface area contributed by atoms with E-state index in [1.807, 2.05) is 11.6 Å². The highest BCUT2D eigenvalue weighted by atomic mass is 35.5. The Hall–Kier alpha value is -0.580. The molecule has 1 saturated carbocycles. The molecule has 0 spiro atoms. The number of hydrogen-bond acceptors (Lipinski definition) is 3. The van der Waals surface area contributed by atoms with Crippen LogP contribution in [0.15, 0.2) is 6.20 Å². The van der Waals surface area contributed by atoms with Gasteiger partial charge in [0.2, 0.25) is 0 Å². The average molecular weight is 244 g/mol. The predicted octanol–water partition coefficient (Wildman–Crippen LogP) is 1.32. The van der Waals surface area contributed by atoms with Crippen LogP contribution in [-0.2, 0) is 13.6 Å². The summed E-state index contributed by atoms with van der Waals surface area (Å²) >= 11 is 5.89. The van der Waals surface area contributed by atoms with Crippen molar-refractivity contribution in [2.75, 3.05) is 6.54 Å². The van der Waals surface area contributed by atoms with Crippen LogP contribution in [0.3, 0.4) is 0 Å². The van der Waals surface area contributed by atoms with Gasteiger partial charge in [-0.05, 0) is 18.8 Å². The van der Waals surface area contributed by atoms with Crippen molar-refractivity contribution in [3.8, 4) is 0 Å². The van der Waals surface area contributed by atoms with Crippen LogP contribution < -0.4 is 5.32 Å². The number of imidazole rings is 1. The van der Waals surface area contributed by atoms with Gasteiger partial charge in [-0.2, -0.15) is 0 Å². The molecule has 2 unspecified atom stereocenters. The summed E-state index contributed by atoms with van der Waals surface area (Å²) in [6, 6.07) is 0. The summed E-state index contributed by atoms with van der Waals surface area (Å²) in [5.41, 5.74) is 0. The van der Waals surface area contributed by atoms with Crippen LogP contribution in [0, 0.1) is 5.92 Å². The van der Waals surface area contributed by atoms with Crippen LogP contribution in [0.2, 0.25) is 5.15 Å². The number of nitrogens with zero attached hydrogens (tertiary/aromatic N) is 2. The standard InChI is InChI=1S/C11H18ClN3O/c1-15-10(12)6-14-11(15)7-13-5-8-3-2-4-9(8)16/h6,8-9,13,16H,2-5,7H2,1H3. The van der Waals surface area contributed by atoms with E-state index in [2.05, 4.69) is 10.3 Å². The van der Waals surface area contributed by atoms with Gasteiger partial charge >= 0.3 is 0 Å². The maximum Gasteiger partial charge on any atom is 0.128 e. The molecule has 2 atom stereocenters. The molecule has 0 amide bonds. The summed E-state index contributed by atoms with van der Waals surface area (Å²) in [5, 5.41) is 13.6. The van der Waals surface area contributed by atoms with Gasteiger partial charge in [0.15, 0.2) is 0 Å². The second-order valence-electron chi connectivity index (χ2n) is 4.45. The molecule has 0 radical (unpaired) electrons. The van der Waals surface area contributed by atoms with E-state index in [1.165, 1.54) is 0 Å². The molecule has 1 fully saturated rings. The lowest BCUT2D eigenvalue weighted by atomic mass is 10.1. The Morgan fingerprint density at radius 1 is 1.62 bits per heavy atom. The number of aromatic nitrogens is 2. The number of hydrogen-bond donors (Lipinski definition) is 2. The molecule has 2 rings (SSSR count). The average Bonchev–Trinajstić information content (AvgIpc) is 2.80. The van der Waals surface area contributed by atoms with Crippen molar-refractivity contribution in [2.45, 2.75) is 31.9 Å². The fraction of sp³-hybridized carbons (Fsp3) is 0.727. The molecule has 1 heterocycles. The van der Waals surface area contributed by atoms with Gasteiger partial charge in [0.25, 0.3) is 0 Å². The molecule has 5 heteroatoms. The van der Waals surface area contributed by atoms with E-state index < -0.39 is 0 Å². The second-order valence-corrected chi connectivity index (χ2v) is 4.83. The number of nitrogens with one attached hydrogen (secondary N) is 1. The third-order valence-corrected chi connectivity index (χ3v) is 3.69. The molecular formula is C11H18ClN3O. The third kappa shape index (κ3) is 2.56. The summed E-state index contributed by atoms with van der Waals surface area (Å²) in [4.78, 5) is 4.20. The van der Waals surface area contributed by atoms with Gasteiger partial charge in [-0.3, -0.25) is 0 Å². The van der Waals surface area contributed by atoms with Crippen molar-refractivity contribution in [1.29, 1.82) is 0 Å². The lowest BCUT2D eigenvalue weighted by Crippen LogP contribution is -2.28. The molecule has 0 saturated heterocycles. The number of aliphatic hydroxyl groups is 1. The normalized spacial score (nSPS) is 25.2. The van der Waals surface area contributed by atoms with E-state index >= 15 is 0 Å². The molecule has 0 aromatic carbocycles. The maximum atomic E-state index is 9.66. The Kier molecular flexibility index (Phi) is 3.84. The van der Waals surface area contributed by atoms with Crippen molar-refractivity contribution >= 4 is 11.6 Å². The third-order valence-electron chi connectivity index (χ3n) is 3.34. The number of rotatable bonds is 4. The van der Waals surface area contributed by atoms with E-state index in [0.29, 0.717) is 17.6 Å². The Labute approximate surface area is 101 Å². The summed E-state index contributed by atoms with van der Waals surface area (Å²) in [7, 11) is 1.90. The first-order valence-electron chi connectivity index (χ1n) is 5.73. The van der Waals surface area contributed by atoms with Crippen LogP contribution in [0.5, 0.6) is 0 Å². The monoisotopic (exact) mass is 243 g/mol. The highest BCUT2D eigenvalue weighted by Crippen LogP contribution is 2.24. The topological polar surface area (TPSA) is 50.1 Å². The van der Waals surface area contributed by atoms with Crippen molar-refractivity contribution in [3.63, 3.8) is 0 Å². The molecule has 0 aliphatic heterocycles. The van der Waals surface area contributed by atoms with Gasteiger partial charge < -0.3 is 15.0 Å². The van der Waals surface area contributed by atoms with E-state index in [1.54, 1.807) is 6.20 Å². The van der Waals surface area contributed by atoms with Gasteiger partial charge in [-0.25, -0.2) is 4.98 Å². The molecule has 90 valence electrons. The number of halogens is 1. The van der Waals surface area contributed by atoms with Crippen LogP contribution in [-0.4, -0.2) is 27.3 Å². The molecule has 16 heavy (non-hydrogen) atoms. The van der Waals surface area contributed by atoms with Crippen LogP contribution in [0.4, 0.5) is 0 Å². The van der Waals surface area contributed by atoms with Crippen molar-refractivity contribution in [3.05, 3.63) is 17.2 Å². The van der Waals surface area contributed by atoms with Crippen LogP contribution in [0.1, 0.15) is 25.1 Å². The lowest BCUT2D eigenvalue weighted by molar-refractivity contribution is 0.131. The fourth-order valence-corrected chi connectivity index (χ4v) is 2.36. The highest BCUT2D eigenvalue weighted by molar-refractivity contribution is 6.29. The first kappa shape index (κ1) is 11.9. The molecule has 0 bridgehead atoms. The molecular weight excluding hydrogens is 226 g/mol. The first-order valence-corrected chi connectivity index (χ1v) is 6.11. The largest absolute Gasteiger partial charge is 0.393 e. The number of aliphatic hydroxyl groups excluding tert-OH is 1. The molecule has 1 aromatic heterocycles. The van der Waals surface area contributed by atoms with Crippen molar-refractivity contribution < 1.29 is 5.11 Å². The van der Waals surface area contributed by atoms with Crippen LogP contribution >= 0.6 is 11.6 Å². The van der Waals surface area contributed by atoms with E-state index in [-0.39, 0.29) is 6.10 Å². The molecule has 1 aliphatic carbocycles. The summed E-state index contributed by atoms with van der Waals surface area (Å²) in [5.74, 6) is 1.33. The van der Waals surface area contributed by atoms with E-state index in [4.69, 9.17) is 11.6 Å². The van der Waals surface area contributed by atoms with Crippen molar-refractivity contribution in [2.24, 2.45) is 13.0 Å². The molecule has 1 aromatic rings. The molecule has 4 nitrogen and oxygen atoms in total. The summed E-state index contributed by atoms with van der Waals surface area (Å²) < 4.78 is 1.86. The van der Waals surface area contributed by atoms with Gasteiger partial charge in [0, 0.05) is 13.6 Å². The minimum atomic E-state index is -0.127. The molecule has 2 N–H and O–H groups in total. The van der Waals surface area contributed by atoms with Gasteiger partial charge in [-0.1, -0.05) is 18.0 Å². The predicted molar refractivity (Wildman–Crippen MR) is 63.3 cm³/mol. The zero-order valence-electron chi connectivity index (χ0n) is 9.49. The minimum Gasteiger partial charge on any atom is -0.393 e. The Balaban J connectivity index is 1.77. The van der Waals surface area contributed by atoms with Crippen molar-refractivity contribution in [1.82, 2.24) is 14.9 Å². The zero-order valence-corrected chi connectivity index (χ0v) is 10.2. The van der Waals surface area contributed by atoms with Gasteiger partial charge in [-0.15, -0.1) is 0 Å². The minimum absolute atomic E-state index is 0.127. The SMILES string of the molecule is Cn1c(Cl)cnc1CNCC1CCCC1O. The molecule has 1 aliphatic rings. The van der Waals surface area contributed by atoms with Crippen LogP contribution in [0.25, 0.3) is 0 Å². The zero-order chi connectivity index (χ0) is 11.5. The summed E-state index contributed by atoms with van der Waals surface area (Å²) in [6.45, 7) is 1.55.